The third-order valence-electron chi connectivity index (χ3n) is 5.02. The Morgan fingerprint density at radius 3 is 2.65 bits per heavy atom. The zero-order valence-electron chi connectivity index (χ0n) is 17.0. The average Bonchev–Trinajstić information content (AvgIpc) is 3.27. The van der Waals surface area contributed by atoms with Gasteiger partial charge < -0.3 is 4.90 Å². The zero-order chi connectivity index (χ0) is 21.5. The van der Waals surface area contributed by atoms with E-state index >= 15 is 0 Å². The van der Waals surface area contributed by atoms with E-state index in [1.54, 1.807) is 12.1 Å². The highest BCUT2D eigenvalue weighted by Gasteiger charge is 2.21. The number of benzene rings is 2. The van der Waals surface area contributed by atoms with Crippen LogP contribution in [-0.2, 0) is 4.79 Å². The van der Waals surface area contributed by atoms with Crippen LogP contribution in [0, 0.1) is 5.82 Å². The number of nitrogens with zero attached hydrogens (tertiary/aromatic N) is 6. The fourth-order valence-electron chi connectivity index (χ4n) is 3.34. The number of tetrazole rings is 1. The van der Waals surface area contributed by atoms with Gasteiger partial charge in [0.1, 0.15) is 5.82 Å². The number of carbonyl (C=O) groups excluding carboxylic acids is 1. The number of piperazine rings is 1. The standard InChI is InChI=1S/C22H23FN6OS/c23-19-9-4-10-20(16-19)29-22(24-25-26-29)31-17-21(30)28-14-12-27(13-15-28)11-5-8-18-6-2-1-3-7-18/h1-10,16H,11-15,17H2/b8-5+. The molecule has 0 radical (unpaired) electrons. The van der Waals surface area contributed by atoms with Crippen molar-refractivity contribution in [3.63, 3.8) is 0 Å². The summed E-state index contributed by atoms with van der Waals surface area (Å²) in [7, 11) is 0. The molecule has 9 heteroatoms. The lowest BCUT2D eigenvalue weighted by Crippen LogP contribution is -2.49. The van der Waals surface area contributed by atoms with E-state index in [2.05, 4.69) is 44.7 Å². The van der Waals surface area contributed by atoms with Crippen LogP contribution >= 0.6 is 11.8 Å². The topological polar surface area (TPSA) is 67.2 Å². The minimum Gasteiger partial charge on any atom is -0.339 e. The lowest BCUT2D eigenvalue weighted by atomic mass is 10.2. The molecule has 4 rings (SSSR count). The SMILES string of the molecule is O=C(CSc1nnnn1-c1cccc(F)c1)N1CCN(C/C=C/c2ccccc2)CC1. The van der Waals surface area contributed by atoms with Gasteiger partial charge in [0.25, 0.3) is 0 Å². The molecule has 160 valence electrons. The van der Waals surface area contributed by atoms with Crippen molar-refractivity contribution in [3.05, 3.63) is 72.1 Å². The molecule has 0 unspecified atom stereocenters. The van der Waals surface area contributed by atoms with Crippen LogP contribution in [0.15, 0.2) is 65.8 Å². The number of aromatic nitrogens is 4. The molecule has 1 fully saturated rings. The third-order valence-corrected chi connectivity index (χ3v) is 5.92. The number of rotatable bonds is 7. The fourth-order valence-corrected chi connectivity index (χ4v) is 4.13. The smallest absolute Gasteiger partial charge is 0.233 e. The van der Waals surface area contributed by atoms with Gasteiger partial charge in [0.15, 0.2) is 0 Å². The van der Waals surface area contributed by atoms with Crippen molar-refractivity contribution in [3.8, 4) is 5.69 Å². The van der Waals surface area contributed by atoms with Crippen LogP contribution in [0.3, 0.4) is 0 Å². The van der Waals surface area contributed by atoms with E-state index in [9.17, 15) is 9.18 Å². The highest BCUT2D eigenvalue weighted by atomic mass is 32.2. The zero-order valence-corrected chi connectivity index (χ0v) is 17.8. The van der Waals surface area contributed by atoms with Gasteiger partial charge in [-0.15, -0.1) is 5.10 Å². The first-order valence-corrected chi connectivity index (χ1v) is 11.1. The highest BCUT2D eigenvalue weighted by molar-refractivity contribution is 7.99. The van der Waals surface area contributed by atoms with E-state index in [0.29, 0.717) is 23.9 Å². The van der Waals surface area contributed by atoms with Gasteiger partial charge in [0, 0.05) is 32.7 Å². The molecule has 1 amide bonds. The van der Waals surface area contributed by atoms with Gasteiger partial charge in [-0.25, -0.2) is 4.39 Å². The van der Waals surface area contributed by atoms with Gasteiger partial charge in [-0.05, 0) is 34.2 Å². The van der Waals surface area contributed by atoms with Gasteiger partial charge in [-0.3, -0.25) is 9.69 Å². The molecular formula is C22H23FN6OS. The van der Waals surface area contributed by atoms with Gasteiger partial charge in [-0.1, -0.05) is 60.3 Å². The van der Waals surface area contributed by atoms with Crippen molar-refractivity contribution in [2.45, 2.75) is 5.16 Å². The van der Waals surface area contributed by atoms with Crippen LogP contribution in [0.25, 0.3) is 11.8 Å². The molecule has 7 nitrogen and oxygen atoms in total. The summed E-state index contributed by atoms with van der Waals surface area (Å²) in [5, 5.41) is 12.0. The van der Waals surface area contributed by atoms with Crippen molar-refractivity contribution in [2.24, 2.45) is 0 Å². The van der Waals surface area contributed by atoms with Crippen LogP contribution in [0.2, 0.25) is 0 Å². The summed E-state index contributed by atoms with van der Waals surface area (Å²) < 4.78 is 14.9. The predicted molar refractivity (Wildman–Crippen MR) is 118 cm³/mol. The minimum atomic E-state index is -0.364. The molecule has 1 aliphatic rings. The molecule has 1 aliphatic heterocycles. The summed E-state index contributed by atoms with van der Waals surface area (Å²) in [6.45, 7) is 3.96. The van der Waals surface area contributed by atoms with Gasteiger partial charge in [0.05, 0.1) is 11.4 Å². The first-order valence-electron chi connectivity index (χ1n) is 10.1. The molecule has 1 aromatic heterocycles. The summed E-state index contributed by atoms with van der Waals surface area (Å²) in [5.74, 6) is -0.0707. The molecule has 3 aromatic rings. The largest absolute Gasteiger partial charge is 0.339 e. The van der Waals surface area contributed by atoms with Gasteiger partial charge in [0.2, 0.25) is 11.1 Å². The molecule has 0 spiro atoms. The van der Waals surface area contributed by atoms with Gasteiger partial charge >= 0.3 is 0 Å². The van der Waals surface area contributed by atoms with Crippen LogP contribution < -0.4 is 0 Å². The van der Waals surface area contributed by atoms with Crippen molar-refractivity contribution >= 4 is 23.7 Å². The molecule has 0 atom stereocenters. The van der Waals surface area contributed by atoms with E-state index in [1.807, 2.05) is 23.1 Å². The number of thioether (sulfide) groups is 1. The summed E-state index contributed by atoms with van der Waals surface area (Å²) in [6, 6.07) is 16.3. The monoisotopic (exact) mass is 438 g/mol. The second kappa shape index (κ2) is 10.3. The summed E-state index contributed by atoms with van der Waals surface area (Å²) in [4.78, 5) is 16.8. The molecule has 0 aliphatic carbocycles. The van der Waals surface area contributed by atoms with E-state index < -0.39 is 0 Å². The van der Waals surface area contributed by atoms with E-state index in [4.69, 9.17) is 0 Å². The Hall–Kier alpha value is -3.04. The van der Waals surface area contributed by atoms with E-state index in [1.165, 1.54) is 34.1 Å². The Balaban J connectivity index is 1.24. The lowest BCUT2D eigenvalue weighted by Gasteiger charge is -2.34. The van der Waals surface area contributed by atoms with Crippen molar-refractivity contribution in [1.29, 1.82) is 0 Å². The molecule has 31 heavy (non-hydrogen) atoms. The Morgan fingerprint density at radius 1 is 1.06 bits per heavy atom. The Labute approximate surface area is 184 Å². The van der Waals surface area contributed by atoms with Crippen LogP contribution in [0.1, 0.15) is 5.56 Å². The Bertz CT molecular complexity index is 1030. The molecule has 1 saturated heterocycles. The number of hydrogen-bond donors (Lipinski definition) is 0. The second-order valence-corrected chi connectivity index (χ2v) is 8.08. The summed E-state index contributed by atoms with van der Waals surface area (Å²) in [5.41, 5.74) is 1.71. The molecule has 2 heterocycles. The van der Waals surface area contributed by atoms with E-state index in [-0.39, 0.29) is 17.5 Å². The van der Waals surface area contributed by atoms with Crippen molar-refractivity contribution in [2.75, 3.05) is 38.5 Å². The quantitative estimate of drug-likeness (QED) is 0.529. The molecule has 2 aromatic carbocycles. The normalized spacial score (nSPS) is 14.9. The number of carbonyl (C=O) groups is 1. The average molecular weight is 439 g/mol. The summed E-state index contributed by atoms with van der Waals surface area (Å²) in [6.07, 6.45) is 4.28. The fraction of sp³-hybridized carbons (Fsp3) is 0.273. The molecule has 0 saturated carbocycles. The third kappa shape index (κ3) is 5.77. The maximum atomic E-state index is 13.5. The predicted octanol–water partition coefficient (Wildman–Crippen LogP) is 2.75. The molecular weight excluding hydrogens is 415 g/mol. The van der Waals surface area contributed by atoms with Gasteiger partial charge in [-0.2, -0.15) is 4.68 Å². The lowest BCUT2D eigenvalue weighted by molar-refractivity contribution is -0.130. The maximum Gasteiger partial charge on any atom is 0.233 e. The van der Waals surface area contributed by atoms with Crippen LogP contribution in [-0.4, -0.2) is 74.4 Å². The first-order chi connectivity index (χ1) is 15.2. The number of hydrogen-bond acceptors (Lipinski definition) is 6. The Kier molecular flexibility index (Phi) is 7.06. The van der Waals surface area contributed by atoms with Crippen molar-refractivity contribution < 1.29 is 9.18 Å². The summed E-state index contributed by atoms with van der Waals surface area (Å²) >= 11 is 1.26. The van der Waals surface area contributed by atoms with Crippen LogP contribution in [0.4, 0.5) is 4.39 Å². The number of amides is 1. The van der Waals surface area contributed by atoms with Crippen LogP contribution in [0.5, 0.6) is 0 Å². The molecule has 0 bridgehead atoms. The second-order valence-electron chi connectivity index (χ2n) is 7.14. The molecule has 0 N–H and O–H groups in total. The first kappa shape index (κ1) is 21.2. The van der Waals surface area contributed by atoms with E-state index in [0.717, 1.165) is 19.6 Å². The minimum absolute atomic E-state index is 0.0540. The maximum absolute atomic E-state index is 13.5. The number of halogens is 1. The van der Waals surface area contributed by atoms with Crippen molar-refractivity contribution in [1.82, 2.24) is 30.0 Å². The highest BCUT2D eigenvalue weighted by Crippen LogP contribution is 2.19. The Morgan fingerprint density at radius 2 is 1.87 bits per heavy atom.